The average Bonchev–Trinajstić information content (AvgIpc) is 3.29. The minimum atomic E-state index is 0.0718. The van der Waals surface area contributed by atoms with Gasteiger partial charge in [-0.25, -0.2) is 0 Å². The minimum Gasteiger partial charge on any atom is -0.337 e. The number of hydrogen-bond donors (Lipinski definition) is 0. The van der Waals surface area contributed by atoms with E-state index >= 15 is 0 Å². The molecule has 0 spiro atoms. The van der Waals surface area contributed by atoms with E-state index in [1.807, 2.05) is 0 Å². The van der Waals surface area contributed by atoms with Gasteiger partial charge in [0, 0.05) is 32.1 Å². The highest BCUT2D eigenvalue weighted by Gasteiger charge is 2.31. The molecule has 0 radical (unpaired) electrons. The summed E-state index contributed by atoms with van der Waals surface area (Å²) in [4.78, 5) is 9.67. The van der Waals surface area contributed by atoms with E-state index in [0.717, 1.165) is 37.9 Å². The zero-order chi connectivity index (χ0) is 16.4. The monoisotopic (exact) mass is 326 g/mol. The van der Waals surface area contributed by atoms with Gasteiger partial charge in [-0.1, -0.05) is 48.3 Å². The van der Waals surface area contributed by atoms with E-state index in [2.05, 4.69) is 52.3 Å². The van der Waals surface area contributed by atoms with Crippen LogP contribution in [0, 0.1) is 0 Å². The van der Waals surface area contributed by atoms with Crippen molar-refractivity contribution >= 4 is 0 Å². The molecule has 24 heavy (non-hydrogen) atoms. The zero-order valence-electron chi connectivity index (χ0n) is 14.4. The van der Waals surface area contributed by atoms with Gasteiger partial charge in [-0.2, -0.15) is 4.98 Å². The highest BCUT2D eigenvalue weighted by Crippen LogP contribution is 2.34. The summed E-state index contributed by atoms with van der Waals surface area (Å²) in [6, 6.07) is 10.6. The molecule has 128 valence electrons. The summed E-state index contributed by atoms with van der Waals surface area (Å²) in [5.41, 5.74) is 1.24. The van der Waals surface area contributed by atoms with Crippen molar-refractivity contribution in [3.05, 3.63) is 47.6 Å². The molecule has 5 heteroatoms. The molecule has 4 rings (SSSR count). The molecule has 0 N–H and O–H groups in total. The third kappa shape index (κ3) is 3.23. The van der Waals surface area contributed by atoms with Crippen molar-refractivity contribution < 1.29 is 4.52 Å². The minimum absolute atomic E-state index is 0.0718. The maximum atomic E-state index is 5.76. The van der Waals surface area contributed by atoms with Gasteiger partial charge in [-0.3, -0.25) is 4.90 Å². The maximum Gasteiger partial charge on any atom is 0.248 e. The van der Waals surface area contributed by atoms with Crippen LogP contribution in [0.5, 0.6) is 0 Å². The second-order valence-electron chi connectivity index (χ2n) is 7.12. The number of aromatic nitrogens is 2. The molecule has 1 aliphatic carbocycles. The lowest BCUT2D eigenvalue weighted by Gasteiger charge is -2.36. The summed E-state index contributed by atoms with van der Waals surface area (Å²) in [6.07, 6.45) is 4.97. The molecule has 1 saturated heterocycles. The lowest BCUT2D eigenvalue weighted by molar-refractivity contribution is 0.111. The van der Waals surface area contributed by atoms with Crippen molar-refractivity contribution in [2.24, 2.45) is 0 Å². The second-order valence-corrected chi connectivity index (χ2v) is 7.12. The predicted octanol–water partition coefficient (Wildman–Crippen LogP) is 3.06. The Balaban J connectivity index is 1.62. The fourth-order valence-electron chi connectivity index (χ4n) is 3.93. The Kier molecular flexibility index (Phi) is 4.63. The number of piperazine rings is 1. The van der Waals surface area contributed by atoms with Gasteiger partial charge in [-0.05, 0) is 25.5 Å². The van der Waals surface area contributed by atoms with E-state index in [-0.39, 0.29) is 6.04 Å². The summed E-state index contributed by atoms with van der Waals surface area (Å²) in [6.45, 7) is 4.20. The van der Waals surface area contributed by atoms with E-state index in [9.17, 15) is 0 Å². The van der Waals surface area contributed by atoms with Gasteiger partial charge in [0.05, 0.1) is 0 Å². The molecular weight excluding hydrogens is 300 g/mol. The van der Waals surface area contributed by atoms with Gasteiger partial charge in [0.25, 0.3) is 0 Å². The fourth-order valence-corrected chi connectivity index (χ4v) is 3.93. The first-order valence-corrected chi connectivity index (χ1v) is 9.12. The van der Waals surface area contributed by atoms with Crippen LogP contribution >= 0.6 is 0 Å². The summed E-state index contributed by atoms with van der Waals surface area (Å²) in [7, 11) is 2.18. The average molecular weight is 326 g/mol. The number of rotatable bonds is 4. The van der Waals surface area contributed by atoms with E-state index < -0.39 is 0 Å². The molecule has 2 aromatic rings. The number of benzene rings is 1. The molecule has 2 heterocycles. The van der Waals surface area contributed by atoms with E-state index in [0.29, 0.717) is 5.92 Å². The summed E-state index contributed by atoms with van der Waals surface area (Å²) < 4.78 is 5.76. The lowest BCUT2D eigenvalue weighted by atomic mass is 10.0. The number of likely N-dealkylation sites (N-methyl/N-ethyl adjacent to an activating group) is 1. The van der Waals surface area contributed by atoms with Gasteiger partial charge in [0.15, 0.2) is 5.82 Å². The van der Waals surface area contributed by atoms with Crippen molar-refractivity contribution in [1.29, 1.82) is 0 Å². The molecule has 1 aliphatic heterocycles. The molecule has 2 fully saturated rings. The topological polar surface area (TPSA) is 45.4 Å². The van der Waals surface area contributed by atoms with Crippen LogP contribution in [0.4, 0.5) is 0 Å². The van der Waals surface area contributed by atoms with Crippen molar-refractivity contribution in [3.63, 3.8) is 0 Å². The molecule has 0 unspecified atom stereocenters. The Labute approximate surface area is 143 Å². The third-order valence-electron chi connectivity index (χ3n) is 5.43. The maximum absolute atomic E-state index is 5.76. The van der Waals surface area contributed by atoms with Crippen LogP contribution in [0.1, 0.15) is 54.9 Å². The van der Waals surface area contributed by atoms with E-state index in [1.165, 1.54) is 31.2 Å². The normalized spacial score (nSPS) is 22.0. The van der Waals surface area contributed by atoms with Gasteiger partial charge in [0.1, 0.15) is 6.04 Å². The summed E-state index contributed by atoms with van der Waals surface area (Å²) in [5.74, 6) is 2.16. The standard InChI is InChI=1S/C19H26N4O/c1-22-11-13-23(14-12-22)17(15-7-3-2-4-8-15)19-20-18(21-24-19)16-9-5-6-10-16/h2-4,7-8,16-17H,5-6,9-14H2,1H3/t17-/m1/s1. The molecule has 2 aliphatic rings. The van der Waals surface area contributed by atoms with Crippen LogP contribution in [0.25, 0.3) is 0 Å². The van der Waals surface area contributed by atoms with Crippen molar-refractivity contribution in [3.8, 4) is 0 Å². The SMILES string of the molecule is CN1CCN([C@H](c2ccccc2)c2nc(C3CCCC3)no2)CC1. The highest BCUT2D eigenvalue weighted by molar-refractivity contribution is 5.24. The molecule has 1 aromatic carbocycles. The third-order valence-corrected chi connectivity index (χ3v) is 5.43. The van der Waals surface area contributed by atoms with E-state index in [4.69, 9.17) is 9.51 Å². The van der Waals surface area contributed by atoms with Crippen LogP contribution in [-0.2, 0) is 0 Å². The Morgan fingerprint density at radius 1 is 1.04 bits per heavy atom. The molecule has 1 saturated carbocycles. The second kappa shape index (κ2) is 7.03. The van der Waals surface area contributed by atoms with Crippen molar-refractivity contribution in [2.75, 3.05) is 33.2 Å². The zero-order valence-corrected chi connectivity index (χ0v) is 14.4. The van der Waals surface area contributed by atoms with Gasteiger partial charge >= 0.3 is 0 Å². The Morgan fingerprint density at radius 3 is 2.46 bits per heavy atom. The van der Waals surface area contributed by atoms with Crippen molar-refractivity contribution in [2.45, 2.75) is 37.6 Å². The summed E-state index contributed by atoms with van der Waals surface area (Å²) >= 11 is 0. The largest absolute Gasteiger partial charge is 0.337 e. The summed E-state index contributed by atoms with van der Waals surface area (Å²) in [5, 5.41) is 4.33. The van der Waals surface area contributed by atoms with Crippen LogP contribution in [-0.4, -0.2) is 53.2 Å². The quantitative estimate of drug-likeness (QED) is 0.864. The Bertz CT molecular complexity index is 642. The molecule has 0 bridgehead atoms. The first-order chi connectivity index (χ1) is 11.8. The smallest absolute Gasteiger partial charge is 0.248 e. The van der Waals surface area contributed by atoms with E-state index in [1.54, 1.807) is 0 Å². The Hall–Kier alpha value is -1.72. The number of nitrogens with zero attached hydrogens (tertiary/aromatic N) is 4. The highest BCUT2D eigenvalue weighted by atomic mass is 16.5. The van der Waals surface area contributed by atoms with Gasteiger partial charge in [-0.15, -0.1) is 0 Å². The molecule has 0 amide bonds. The van der Waals surface area contributed by atoms with Gasteiger partial charge < -0.3 is 9.42 Å². The lowest BCUT2D eigenvalue weighted by Crippen LogP contribution is -2.46. The van der Waals surface area contributed by atoms with Gasteiger partial charge in [0.2, 0.25) is 5.89 Å². The van der Waals surface area contributed by atoms with Crippen LogP contribution in [0.15, 0.2) is 34.9 Å². The molecule has 5 nitrogen and oxygen atoms in total. The van der Waals surface area contributed by atoms with Crippen LogP contribution < -0.4 is 0 Å². The van der Waals surface area contributed by atoms with Crippen LogP contribution in [0.3, 0.4) is 0 Å². The Morgan fingerprint density at radius 2 is 1.75 bits per heavy atom. The molecule has 1 aromatic heterocycles. The predicted molar refractivity (Wildman–Crippen MR) is 92.9 cm³/mol. The first-order valence-electron chi connectivity index (χ1n) is 9.12. The van der Waals surface area contributed by atoms with Crippen LogP contribution in [0.2, 0.25) is 0 Å². The molecular formula is C19H26N4O. The van der Waals surface area contributed by atoms with Crippen molar-refractivity contribution in [1.82, 2.24) is 19.9 Å². The molecule has 1 atom stereocenters. The number of hydrogen-bond acceptors (Lipinski definition) is 5. The fraction of sp³-hybridized carbons (Fsp3) is 0.579. The first kappa shape index (κ1) is 15.8.